The van der Waals surface area contributed by atoms with Crippen LogP contribution in [-0.2, 0) is 11.3 Å². The largest absolute Gasteiger partial charge is 0.464 e. The summed E-state index contributed by atoms with van der Waals surface area (Å²) in [4.78, 5) is 15.1. The summed E-state index contributed by atoms with van der Waals surface area (Å²) in [5, 5.41) is 7.36. The van der Waals surface area contributed by atoms with Gasteiger partial charge in [-0.05, 0) is 78.2 Å². The van der Waals surface area contributed by atoms with E-state index in [-0.39, 0.29) is 11.8 Å². The van der Waals surface area contributed by atoms with Crippen molar-refractivity contribution in [2.24, 2.45) is 5.92 Å². The van der Waals surface area contributed by atoms with Crippen LogP contribution >= 0.6 is 11.3 Å². The van der Waals surface area contributed by atoms with Crippen LogP contribution < -0.4 is 5.32 Å². The number of anilines is 1. The van der Waals surface area contributed by atoms with Crippen molar-refractivity contribution in [3.63, 3.8) is 0 Å². The van der Waals surface area contributed by atoms with Crippen molar-refractivity contribution in [3.05, 3.63) is 65.1 Å². The first-order chi connectivity index (χ1) is 12.8. The minimum atomic E-state index is 0.0483. The lowest BCUT2D eigenvalue weighted by molar-refractivity contribution is -0.121. The number of hydrogen-bond donors (Lipinski definition) is 1. The first kappa shape index (κ1) is 17.1. The number of rotatable bonds is 5. The van der Waals surface area contributed by atoms with E-state index in [1.807, 2.05) is 36.4 Å². The Morgan fingerprint density at radius 3 is 2.85 bits per heavy atom. The minimum Gasteiger partial charge on any atom is -0.464 e. The summed E-state index contributed by atoms with van der Waals surface area (Å²) in [7, 11) is 0. The van der Waals surface area contributed by atoms with E-state index in [0.717, 1.165) is 49.5 Å². The van der Waals surface area contributed by atoms with Crippen LogP contribution in [0.3, 0.4) is 0 Å². The first-order valence-corrected chi connectivity index (χ1v) is 9.90. The molecule has 0 radical (unpaired) electrons. The molecular formula is C21H22N2O2S. The average molecular weight is 366 g/mol. The van der Waals surface area contributed by atoms with Crippen LogP contribution in [0.5, 0.6) is 0 Å². The smallest absolute Gasteiger partial charge is 0.228 e. The molecule has 2 aromatic heterocycles. The molecule has 1 amide bonds. The van der Waals surface area contributed by atoms with Gasteiger partial charge >= 0.3 is 0 Å². The number of furan rings is 1. The molecule has 134 valence electrons. The zero-order chi connectivity index (χ0) is 17.8. The molecule has 5 heteroatoms. The third-order valence-electron chi connectivity index (χ3n) is 4.82. The highest BCUT2D eigenvalue weighted by atomic mass is 32.1. The molecule has 1 aliphatic heterocycles. The lowest BCUT2D eigenvalue weighted by Gasteiger charge is -2.31. The van der Waals surface area contributed by atoms with E-state index in [2.05, 4.69) is 27.0 Å². The van der Waals surface area contributed by atoms with Crippen molar-refractivity contribution in [3.8, 4) is 11.3 Å². The van der Waals surface area contributed by atoms with Gasteiger partial charge in [-0.2, -0.15) is 11.3 Å². The van der Waals surface area contributed by atoms with E-state index >= 15 is 0 Å². The second-order valence-corrected chi connectivity index (χ2v) is 7.53. The number of amides is 1. The third kappa shape index (κ3) is 4.06. The van der Waals surface area contributed by atoms with Gasteiger partial charge in [0, 0.05) is 24.3 Å². The molecule has 0 bridgehead atoms. The van der Waals surface area contributed by atoms with E-state index in [0.29, 0.717) is 0 Å². The van der Waals surface area contributed by atoms with Crippen molar-refractivity contribution in [2.75, 3.05) is 18.4 Å². The Morgan fingerprint density at radius 1 is 1.23 bits per heavy atom. The van der Waals surface area contributed by atoms with Crippen molar-refractivity contribution in [1.29, 1.82) is 0 Å². The van der Waals surface area contributed by atoms with Crippen LogP contribution in [0.15, 0.2) is 63.9 Å². The SMILES string of the molecule is O=C(Nc1ccc(-c2ccco2)cc1)[C@@H]1CCCN(Cc2ccsc2)C1. The second-order valence-electron chi connectivity index (χ2n) is 6.75. The maximum atomic E-state index is 12.7. The number of carbonyl (C=O) groups is 1. The highest BCUT2D eigenvalue weighted by Gasteiger charge is 2.25. The summed E-state index contributed by atoms with van der Waals surface area (Å²) in [5.74, 6) is 0.997. The maximum absolute atomic E-state index is 12.7. The van der Waals surface area contributed by atoms with Gasteiger partial charge in [-0.1, -0.05) is 0 Å². The number of benzene rings is 1. The summed E-state index contributed by atoms with van der Waals surface area (Å²) in [6.45, 7) is 2.83. The zero-order valence-electron chi connectivity index (χ0n) is 14.6. The maximum Gasteiger partial charge on any atom is 0.228 e. The highest BCUT2D eigenvalue weighted by Crippen LogP contribution is 2.24. The van der Waals surface area contributed by atoms with E-state index in [1.54, 1.807) is 17.6 Å². The van der Waals surface area contributed by atoms with Gasteiger partial charge < -0.3 is 9.73 Å². The molecule has 1 N–H and O–H groups in total. The Balaban J connectivity index is 1.35. The van der Waals surface area contributed by atoms with Crippen LogP contribution in [0.4, 0.5) is 5.69 Å². The predicted octanol–water partition coefficient (Wildman–Crippen LogP) is 4.86. The van der Waals surface area contributed by atoms with Crippen molar-refractivity contribution < 1.29 is 9.21 Å². The van der Waals surface area contributed by atoms with E-state index in [9.17, 15) is 4.79 Å². The molecule has 1 aromatic carbocycles. The van der Waals surface area contributed by atoms with Gasteiger partial charge in [0.05, 0.1) is 12.2 Å². The lowest BCUT2D eigenvalue weighted by Crippen LogP contribution is -2.40. The molecular weight excluding hydrogens is 344 g/mol. The molecule has 0 aliphatic carbocycles. The monoisotopic (exact) mass is 366 g/mol. The number of hydrogen-bond acceptors (Lipinski definition) is 4. The average Bonchev–Trinajstić information content (AvgIpc) is 3.36. The molecule has 26 heavy (non-hydrogen) atoms. The van der Waals surface area contributed by atoms with E-state index < -0.39 is 0 Å². The first-order valence-electron chi connectivity index (χ1n) is 8.96. The van der Waals surface area contributed by atoms with Crippen LogP contribution in [-0.4, -0.2) is 23.9 Å². The summed E-state index contributed by atoms with van der Waals surface area (Å²) in [5.41, 5.74) is 3.18. The molecule has 0 spiro atoms. The lowest BCUT2D eigenvalue weighted by atomic mass is 9.96. The molecule has 4 nitrogen and oxygen atoms in total. The molecule has 0 unspecified atom stereocenters. The van der Waals surface area contributed by atoms with Gasteiger partial charge in [0.15, 0.2) is 0 Å². The van der Waals surface area contributed by atoms with Crippen LogP contribution in [0.25, 0.3) is 11.3 Å². The number of thiophene rings is 1. The molecule has 3 aromatic rings. The Morgan fingerprint density at radius 2 is 2.12 bits per heavy atom. The van der Waals surface area contributed by atoms with E-state index in [4.69, 9.17) is 4.42 Å². The molecule has 0 saturated carbocycles. The number of likely N-dealkylation sites (tertiary alicyclic amines) is 1. The summed E-state index contributed by atoms with van der Waals surface area (Å²) < 4.78 is 5.40. The summed E-state index contributed by atoms with van der Waals surface area (Å²) in [6, 6.07) is 13.8. The fraction of sp³-hybridized carbons (Fsp3) is 0.286. The molecule has 4 rings (SSSR count). The summed E-state index contributed by atoms with van der Waals surface area (Å²) in [6.07, 6.45) is 3.69. The molecule has 1 saturated heterocycles. The van der Waals surface area contributed by atoms with Gasteiger partial charge in [-0.15, -0.1) is 0 Å². The highest BCUT2D eigenvalue weighted by molar-refractivity contribution is 7.07. The number of carbonyl (C=O) groups excluding carboxylic acids is 1. The van der Waals surface area contributed by atoms with Crippen molar-refractivity contribution in [1.82, 2.24) is 4.90 Å². The molecule has 1 atom stereocenters. The van der Waals surface area contributed by atoms with Gasteiger partial charge in [0.1, 0.15) is 5.76 Å². The Kier molecular flexibility index (Phi) is 5.18. The Hall–Kier alpha value is -2.37. The third-order valence-corrected chi connectivity index (χ3v) is 5.55. The van der Waals surface area contributed by atoms with Gasteiger partial charge in [0.25, 0.3) is 0 Å². The molecule has 1 aliphatic rings. The minimum absolute atomic E-state index is 0.0483. The van der Waals surface area contributed by atoms with E-state index in [1.165, 1.54) is 5.56 Å². The van der Waals surface area contributed by atoms with Crippen molar-refractivity contribution in [2.45, 2.75) is 19.4 Å². The standard InChI is InChI=1S/C21H22N2O2S/c24-21(18-3-1-10-23(14-18)13-16-9-12-26-15-16)22-19-7-5-17(6-8-19)20-4-2-11-25-20/h2,4-9,11-12,15,18H,1,3,10,13-14H2,(H,22,24)/t18-/m1/s1. The zero-order valence-corrected chi connectivity index (χ0v) is 15.4. The molecule has 1 fully saturated rings. The Labute approximate surface area is 157 Å². The number of nitrogens with one attached hydrogen (secondary N) is 1. The summed E-state index contributed by atoms with van der Waals surface area (Å²) >= 11 is 1.72. The fourth-order valence-electron chi connectivity index (χ4n) is 3.46. The fourth-order valence-corrected chi connectivity index (χ4v) is 4.12. The second kappa shape index (κ2) is 7.89. The Bertz CT molecular complexity index is 826. The topological polar surface area (TPSA) is 45.5 Å². The van der Waals surface area contributed by atoms with Gasteiger partial charge in [0.2, 0.25) is 5.91 Å². The molecule has 3 heterocycles. The normalized spacial score (nSPS) is 17.9. The van der Waals surface area contributed by atoms with Crippen LogP contribution in [0.2, 0.25) is 0 Å². The van der Waals surface area contributed by atoms with Gasteiger partial charge in [-0.25, -0.2) is 0 Å². The number of nitrogens with zero attached hydrogens (tertiary/aromatic N) is 1. The van der Waals surface area contributed by atoms with Crippen molar-refractivity contribution >= 4 is 22.9 Å². The van der Waals surface area contributed by atoms with Crippen LogP contribution in [0, 0.1) is 5.92 Å². The quantitative estimate of drug-likeness (QED) is 0.701. The van der Waals surface area contributed by atoms with Crippen LogP contribution in [0.1, 0.15) is 18.4 Å². The number of piperidine rings is 1. The predicted molar refractivity (Wildman–Crippen MR) is 105 cm³/mol. The van der Waals surface area contributed by atoms with Gasteiger partial charge in [-0.3, -0.25) is 9.69 Å².